The van der Waals surface area contributed by atoms with Crippen LogP contribution >= 0.6 is 0 Å². The van der Waals surface area contributed by atoms with Crippen molar-refractivity contribution in [1.29, 1.82) is 0 Å². The van der Waals surface area contributed by atoms with Crippen LogP contribution in [0.15, 0.2) is 84.9 Å². The highest BCUT2D eigenvalue weighted by Gasteiger charge is 2.31. The average Bonchev–Trinajstić information content (AvgIpc) is 2.73. The van der Waals surface area contributed by atoms with Crippen molar-refractivity contribution in [3.8, 4) is 0 Å². The van der Waals surface area contributed by atoms with E-state index in [2.05, 4.69) is 29.2 Å². The van der Waals surface area contributed by atoms with Crippen LogP contribution in [0.3, 0.4) is 0 Å². The Kier molecular flexibility index (Phi) is 5.49. The number of nitrogens with zero attached hydrogens (tertiary/aromatic N) is 2. The summed E-state index contributed by atoms with van der Waals surface area (Å²) >= 11 is 0. The molecule has 0 radical (unpaired) electrons. The summed E-state index contributed by atoms with van der Waals surface area (Å²) in [7, 11) is 0. The average molecular weight is 374 g/mol. The van der Waals surface area contributed by atoms with Gasteiger partial charge in [-0.3, -0.25) is 9.69 Å². The van der Waals surface area contributed by atoms with E-state index in [0.29, 0.717) is 19.6 Å². The van der Waals surface area contributed by atoms with Gasteiger partial charge in [0.25, 0.3) is 0 Å². The zero-order chi connectivity index (χ0) is 19.3. The lowest BCUT2D eigenvalue weighted by atomic mass is 9.96. The van der Waals surface area contributed by atoms with Gasteiger partial charge >= 0.3 is 0 Å². The summed E-state index contributed by atoms with van der Waals surface area (Å²) in [5.74, 6) is -0.121. The monoisotopic (exact) mass is 374 g/mol. The molecule has 0 spiro atoms. The molecule has 0 unspecified atom stereocenters. The number of piperazine rings is 1. The van der Waals surface area contributed by atoms with Gasteiger partial charge in [0.05, 0.1) is 12.6 Å². The largest absolute Gasteiger partial charge is 0.329 e. The lowest BCUT2D eigenvalue weighted by Crippen LogP contribution is -2.51. The van der Waals surface area contributed by atoms with Crippen molar-refractivity contribution in [2.75, 3.05) is 19.6 Å². The van der Waals surface area contributed by atoms with Crippen LogP contribution in [0, 0.1) is 5.82 Å². The van der Waals surface area contributed by atoms with Crippen LogP contribution in [0.25, 0.3) is 0 Å². The Morgan fingerprint density at radius 1 is 0.786 bits per heavy atom. The normalized spacial score (nSPS) is 15.2. The second-order valence-corrected chi connectivity index (χ2v) is 7.15. The van der Waals surface area contributed by atoms with Crippen LogP contribution in [-0.4, -0.2) is 35.3 Å². The van der Waals surface area contributed by atoms with E-state index < -0.39 is 0 Å². The summed E-state index contributed by atoms with van der Waals surface area (Å²) in [6, 6.07) is 26.8. The first kappa shape index (κ1) is 18.4. The molecule has 1 amide bonds. The van der Waals surface area contributed by atoms with Gasteiger partial charge in [0, 0.05) is 19.6 Å². The second kappa shape index (κ2) is 8.36. The van der Waals surface area contributed by atoms with Crippen molar-refractivity contribution in [2.24, 2.45) is 0 Å². The van der Waals surface area contributed by atoms with Gasteiger partial charge in [0.1, 0.15) is 5.82 Å². The number of hydrogen-bond donors (Lipinski definition) is 0. The quantitative estimate of drug-likeness (QED) is 0.666. The Hall–Kier alpha value is -2.98. The molecular weight excluding hydrogens is 351 g/mol. The smallest absolute Gasteiger partial charge is 0.237 e. The van der Waals surface area contributed by atoms with E-state index in [1.807, 2.05) is 41.3 Å². The van der Waals surface area contributed by atoms with E-state index >= 15 is 0 Å². The third-order valence-electron chi connectivity index (χ3n) is 5.20. The van der Waals surface area contributed by atoms with Crippen LogP contribution < -0.4 is 0 Å². The minimum atomic E-state index is -0.238. The highest BCUT2D eigenvalue weighted by atomic mass is 19.1. The lowest BCUT2D eigenvalue weighted by Gasteiger charge is -2.39. The van der Waals surface area contributed by atoms with Crippen molar-refractivity contribution in [3.05, 3.63) is 107 Å². The van der Waals surface area contributed by atoms with Gasteiger partial charge in [-0.2, -0.15) is 0 Å². The molecule has 4 rings (SSSR count). The third kappa shape index (κ3) is 4.12. The van der Waals surface area contributed by atoms with Gasteiger partial charge in [-0.25, -0.2) is 4.39 Å². The molecule has 3 aromatic rings. The van der Waals surface area contributed by atoms with E-state index in [4.69, 9.17) is 0 Å². The fourth-order valence-corrected chi connectivity index (χ4v) is 3.81. The topological polar surface area (TPSA) is 23.6 Å². The summed E-state index contributed by atoms with van der Waals surface area (Å²) in [6.07, 6.45) is 0. The van der Waals surface area contributed by atoms with Crippen LogP contribution in [0.4, 0.5) is 4.39 Å². The Labute approximate surface area is 165 Å². The van der Waals surface area contributed by atoms with E-state index in [1.165, 1.54) is 12.1 Å². The van der Waals surface area contributed by atoms with Crippen molar-refractivity contribution < 1.29 is 9.18 Å². The number of carbonyl (C=O) groups is 1. The molecule has 0 aromatic heterocycles. The first-order valence-electron chi connectivity index (χ1n) is 9.57. The highest BCUT2D eigenvalue weighted by Crippen LogP contribution is 2.30. The molecule has 4 heteroatoms. The number of hydrogen-bond acceptors (Lipinski definition) is 2. The summed E-state index contributed by atoms with van der Waals surface area (Å²) in [5.41, 5.74) is 3.26. The minimum absolute atomic E-state index is 0.0807. The van der Waals surface area contributed by atoms with Crippen molar-refractivity contribution >= 4 is 5.91 Å². The SMILES string of the molecule is O=C1CN(Cc2ccc(F)cc2)CCN1C(c1ccccc1)c1ccccc1. The van der Waals surface area contributed by atoms with Gasteiger partial charge in [-0.15, -0.1) is 0 Å². The van der Waals surface area contributed by atoms with Gasteiger partial charge in [0.15, 0.2) is 0 Å². The number of rotatable bonds is 5. The van der Waals surface area contributed by atoms with Crippen LogP contribution in [0.5, 0.6) is 0 Å². The highest BCUT2D eigenvalue weighted by molar-refractivity contribution is 5.80. The lowest BCUT2D eigenvalue weighted by molar-refractivity contribution is -0.138. The Morgan fingerprint density at radius 2 is 1.36 bits per heavy atom. The molecule has 1 aliphatic heterocycles. The fourth-order valence-electron chi connectivity index (χ4n) is 3.81. The van der Waals surface area contributed by atoms with Gasteiger partial charge in [-0.05, 0) is 28.8 Å². The fraction of sp³-hybridized carbons (Fsp3) is 0.208. The predicted molar refractivity (Wildman–Crippen MR) is 108 cm³/mol. The Morgan fingerprint density at radius 3 is 1.89 bits per heavy atom. The molecule has 1 fully saturated rings. The molecule has 3 nitrogen and oxygen atoms in total. The Balaban J connectivity index is 1.53. The maximum Gasteiger partial charge on any atom is 0.237 e. The van der Waals surface area contributed by atoms with E-state index in [1.54, 1.807) is 12.1 Å². The summed E-state index contributed by atoms with van der Waals surface area (Å²) in [5, 5.41) is 0. The van der Waals surface area contributed by atoms with Crippen molar-refractivity contribution in [1.82, 2.24) is 9.80 Å². The van der Waals surface area contributed by atoms with E-state index in [0.717, 1.165) is 23.2 Å². The first-order chi connectivity index (χ1) is 13.7. The number of benzene rings is 3. The van der Waals surface area contributed by atoms with Crippen LogP contribution in [-0.2, 0) is 11.3 Å². The van der Waals surface area contributed by atoms with Crippen LogP contribution in [0.2, 0.25) is 0 Å². The Bertz CT molecular complexity index is 873. The number of carbonyl (C=O) groups excluding carboxylic acids is 1. The van der Waals surface area contributed by atoms with Gasteiger partial charge in [-0.1, -0.05) is 72.8 Å². The summed E-state index contributed by atoms with van der Waals surface area (Å²) < 4.78 is 13.1. The molecule has 1 aliphatic rings. The first-order valence-corrected chi connectivity index (χ1v) is 9.57. The summed E-state index contributed by atoms with van der Waals surface area (Å²) in [6.45, 7) is 2.47. The molecule has 0 aliphatic carbocycles. The van der Waals surface area contributed by atoms with Crippen molar-refractivity contribution in [2.45, 2.75) is 12.6 Å². The number of amides is 1. The zero-order valence-electron chi connectivity index (χ0n) is 15.7. The molecule has 0 saturated carbocycles. The van der Waals surface area contributed by atoms with E-state index in [-0.39, 0.29) is 17.8 Å². The molecular formula is C24H23FN2O. The van der Waals surface area contributed by atoms with E-state index in [9.17, 15) is 9.18 Å². The summed E-state index contributed by atoms with van der Waals surface area (Å²) in [4.78, 5) is 17.2. The number of halogens is 1. The van der Waals surface area contributed by atoms with Crippen LogP contribution in [0.1, 0.15) is 22.7 Å². The maximum absolute atomic E-state index is 13.1. The molecule has 1 saturated heterocycles. The zero-order valence-corrected chi connectivity index (χ0v) is 15.7. The van der Waals surface area contributed by atoms with Gasteiger partial charge < -0.3 is 4.90 Å². The standard InChI is InChI=1S/C24H23FN2O/c25-22-13-11-19(12-14-22)17-26-15-16-27(23(28)18-26)24(20-7-3-1-4-8-20)21-9-5-2-6-10-21/h1-14,24H,15-18H2. The minimum Gasteiger partial charge on any atom is -0.329 e. The molecule has 28 heavy (non-hydrogen) atoms. The molecule has 0 N–H and O–H groups in total. The second-order valence-electron chi connectivity index (χ2n) is 7.15. The molecule has 0 bridgehead atoms. The maximum atomic E-state index is 13.1. The third-order valence-corrected chi connectivity index (χ3v) is 5.20. The molecule has 3 aromatic carbocycles. The van der Waals surface area contributed by atoms with Crippen molar-refractivity contribution in [3.63, 3.8) is 0 Å². The molecule has 1 heterocycles. The predicted octanol–water partition coefficient (Wildman–Crippen LogP) is 4.26. The molecule has 142 valence electrons. The molecule has 0 atom stereocenters. The van der Waals surface area contributed by atoms with Gasteiger partial charge in [0.2, 0.25) is 5.91 Å².